The standard InChI is InChI=1S/C10H12BrNOS/c1-7-6-8(2-3-9(7)11)12-10(13)4-5-14/h2-3,6,14H,4-5H2,1H3,(H,12,13). The molecule has 0 aromatic heterocycles. The molecule has 1 amide bonds. The van der Waals surface area contributed by atoms with Crippen LogP contribution in [0.15, 0.2) is 22.7 Å². The van der Waals surface area contributed by atoms with E-state index < -0.39 is 0 Å². The van der Waals surface area contributed by atoms with Crippen molar-refractivity contribution in [2.24, 2.45) is 0 Å². The highest BCUT2D eigenvalue weighted by Gasteiger charge is 2.01. The van der Waals surface area contributed by atoms with Crippen LogP contribution in [0.2, 0.25) is 0 Å². The van der Waals surface area contributed by atoms with Crippen LogP contribution >= 0.6 is 28.6 Å². The Labute approximate surface area is 97.6 Å². The number of carbonyl (C=O) groups is 1. The predicted octanol–water partition coefficient (Wildman–Crippen LogP) is 3.02. The van der Waals surface area contributed by atoms with Crippen molar-refractivity contribution in [2.45, 2.75) is 13.3 Å². The summed E-state index contributed by atoms with van der Waals surface area (Å²) in [5.74, 6) is 0.572. The molecule has 4 heteroatoms. The number of halogens is 1. The summed E-state index contributed by atoms with van der Waals surface area (Å²) in [5, 5.41) is 2.80. The maximum atomic E-state index is 11.2. The Morgan fingerprint density at radius 3 is 2.86 bits per heavy atom. The van der Waals surface area contributed by atoms with Crippen molar-refractivity contribution in [1.29, 1.82) is 0 Å². The van der Waals surface area contributed by atoms with Crippen molar-refractivity contribution in [3.05, 3.63) is 28.2 Å². The second-order valence-corrected chi connectivity index (χ2v) is 4.29. The Balaban J connectivity index is 2.68. The number of carbonyl (C=O) groups excluding carboxylic acids is 1. The molecule has 0 saturated carbocycles. The Morgan fingerprint density at radius 1 is 1.57 bits per heavy atom. The van der Waals surface area contributed by atoms with Crippen LogP contribution in [0.3, 0.4) is 0 Å². The number of thiol groups is 1. The van der Waals surface area contributed by atoms with Gasteiger partial charge in [-0.15, -0.1) is 0 Å². The van der Waals surface area contributed by atoms with Gasteiger partial charge in [-0.1, -0.05) is 15.9 Å². The van der Waals surface area contributed by atoms with Gasteiger partial charge >= 0.3 is 0 Å². The van der Waals surface area contributed by atoms with E-state index in [1.807, 2.05) is 25.1 Å². The van der Waals surface area contributed by atoms with E-state index in [0.29, 0.717) is 12.2 Å². The zero-order chi connectivity index (χ0) is 10.6. The van der Waals surface area contributed by atoms with E-state index in [-0.39, 0.29) is 5.91 Å². The first-order chi connectivity index (χ1) is 6.63. The first kappa shape index (κ1) is 11.6. The zero-order valence-electron chi connectivity index (χ0n) is 7.88. The lowest BCUT2D eigenvalue weighted by Crippen LogP contribution is -2.11. The topological polar surface area (TPSA) is 29.1 Å². The zero-order valence-corrected chi connectivity index (χ0v) is 10.4. The lowest BCUT2D eigenvalue weighted by Gasteiger charge is -2.05. The lowest BCUT2D eigenvalue weighted by molar-refractivity contribution is -0.115. The van der Waals surface area contributed by atoms with Gasteiger partial charge in [0.25, 0.3) is 0 Å². The third-order valence-corrected chi connectivity index (χ3v) is 2.89. The van der Waals surface area contributed by atoms with Crippen LogP contribution in [-0.2, 0) is 4.79 Å². The van der Waals surface area contributed by atoms with Crippen LogP contribution in [0.5, 0.6) is 0 Å². The minimum absolute atomic E-state index is 0.00159. The van der Waals surface area contributed by atoms with Gasteiger partial charge < -0.3 is 5.32 Å². The van der Waals surface area contributed by atoms with E-state index in [0.717, 1.165) is 15.7 Å². The van der Waals surface area contributed by atoms with Crippen molar-refractivity contribution < 1.29 is 4.79 Å². The maximum absolute atomic E-state index is 11.2. The molecule has 2 nitrogen and oxygen atoms in total. The highest BCUT2D eigenvalue weighted by molar-refractivity contribution is 9.10. The van der Waals surface area contributed by atoms with Crippen molar-refractivity contribution >= 4 is 40.2 Å². The molecule has 1 aromatic carbocycles. The smallest absolute Gasteiger partial charge is 0.225 e. The average Bonchev–Trinajstić information content (AvgIpc) is 2.12. The van der Waals surface area contributed by atoms with Crippen LogP contribution in [0.25, 0.3) is 0 Å². The number of nitrogens with one attached hydrogen (secondary N) is 1. The van der Waals surface area contributed by atoms with E-state index in [1.54, 1.807) is 0 Å². The van der Waals surface area contributed by atoms with Crippen molar-refractivity contribution in [2.75, 3.05) is 11.1 Å². The fourth-order valence-corrected chi connectivity index (χ4v) is 1.50. The Hall–Kier alpha value is -0.480. The molecule has 14 heavy (non-hydrogen) atoms. The number of hydrogen-bond acceptors (Lipinski definition) is 2. The van der Waals surface area contributed by atoms with Crippen LogP contribution in [-0.4, -0.2) is 11.7 Å². The highest BCUT2D eigenvalue weighted by Crippen LogP contribution is 2.19. The number of benzene rings is 1. The van der Waals surface area contributed by atoms with Crippen LogP contribution in [0.1, 0.15) is 12.0 Å². The largest absolute Gasteiger partial charge is 0.326 e. The van der Waals surface area contributed by atoms with Crippen LogP contribution in [0.4, 0.5) is 5.69 Å². The Bertz CT molecular complexity index is 341. The lowest BCUT2D eigenvalue weighted by atomic mass is 10.2. The van der Waals surface area contributed by atoms with Gasteiger partial charge in [0, 0.05) is 16.6 Å². The molecule has 0 aliphatic carbocycles. The van der Waals surface area contributed by atoms with Gasteiger partial charge in [-0.3, -0.25) is 4.79 Å². The third kappa shape index (κ3) is 3.35. The van der Waals surface area contributed by atoms with Gasteiger partial charge in [-0.05, 0) is 36.4 Å². The SMILES string of the molecule is Cc1cc(NC(=O)CCS)ccc1Br. The molecule has 1 rings (SSSR count). The summed E-state index contributed by atoms with van der Waals surface area (Å²) in [6, 6.07) is 5.72. The molecule has 0 saturated heterocycles. The fourth-order valence-electron chi connectivity index (χ4n) is 1.05. The van der Waals surface area contributed by atoms with Crippen molar-refractivity contribution in [1.82, 2.24) is 0 Å². The second-order valence-electron chi connectivity index (χ2n) is 2.99. The average molecular weight is 274 g/mol. The van der Waals surface area contributed by atoms with Crippen molar-refractivity contribution in [3.8, 4) is 0 Å². The monoisotopic (exact) mass is 273 g/mol. The van der Waals surface area contributed by atoms with Crippen LogP contribution in [0, 0.1) is 6.92 Å². The highest BCUT2D eigenvalue weighted by atomic mass is 79.9. The minimum Gasteiger partial charge on any atom is -0.326 e. The van der Waals surface area contributed by atoms with Gasteiger partial charge in [0.1, 0.15) is 0 Å². The molecular weight excluding hydrogens is 262 g/mol. The minimum atomic E-state index is 0.00159. The second kappa shape index (κ2) is 5.41. The maximum Gasteiger partial charge on any atom is 0.225 e. The summed E-state index contributed by atoms with van der Waals surface area (Å²) < 4.78 is 1.05. The summed E-state index contributed by atoms with van der Waals surface area (Å²) in [6.07, 6.45) is 0.443. The molecule has 0 heterocycles. The Morgan fingerprint density at radius 2 is 2.29 bits per heavy atom. The van der Waals surface area contributed by atoms with E-state index in [1.165, 1.54) is 0 Å². The van der Waals surface area contributed by atoms with E-state index in [9.17, 15) is 4.79 Å². The number of aryl methyl sites for hydroxylation is 1. The molecule has 0 aliphatic rings. The number of amides is 1. The number of rotatable bonds is 3. The molecule has 0 aliphatic heterocycles. The summed E-state index contributed by atoms with van der Waals surface area (Å²) in [7, 11) is 0. The normalized spacial score (nSPS) is 9.93. The summed E-state index contributed by atoms with van der Waals surface area (Å²) in [5.41, 5.74) is 1.94. The van der Waals surface area contributed by atoms with E-state index >= 15 is 0 Å². The Kier molecular flexibility index (Phi) is 4.48. The molecule has 76 valence electrons. The first-order valence-corrected chi connectivity index (χ1v) is 5.73. The third-order valence-electron chi connectivity index (χ3n) is 1.78. The molecule has 0 fully saturated rings. The van der Waals surface area contributed by atoms with Crippen LogP contribution < -0.4 is 5.32 Å². The molecule has 0 atom stereocenters. The fraction of sp³-hybridized carbons (Fsp3) is 0.300. The van der Waals surface area contributed by atoms with Gasteiger partial charge in [-0.2, -0.15) is 12.6 Å². The number of hydrogen-bond donors (Lipinski definition) is 2. The molecular formula is C10H12BrNOS. The predicted molar refractivity (Wildman–Crippen MR) is 66.0 cm³/mol. The first-order valence-electron chi connectivity index (χ1n) is 4.30. The van der Waals surface area contributed by atoms with E-state index in [4.69, 9.17) is 0 Å². The molecule has 1 N–H and O–H groups in total. The van der Waals surface area contributed by atoms with Gasteiger partial charge in [0.2, 0.25) is 5.91 Å². The molecule has 1 aromatic rings. The molecule has 0 radical (unpaired) electrons. The number of anilines is 1. The molecule has 0 unspecified atom stereocenters. The quantitative estimate of drug-likeness (QED) is 0.815. The van der Waals surface area contributed by atoms with Gasteiger partial charge in [0.05, 0.1) is 0 Å². The van der Waals surface area contributed by atoms with Gasteiger partial charge in [-0.25, -0.2) is 0 Å². The summed E-state index contributed by atoms with van der Waals surface area (Å²) in [6.45, 7) is 1.98. The van der Waals surface area contributed by atoms with Crippen molar-refractivity contribution in [3.63, 3.8) is 0 Å². The van der Waals surface area contributed by atoms with Gasteiger partial charge in [0.15, 0.2) is 0 Å². The molecule has 0 bridgehead atoms. The summed E-state index contributed by atoms with van der Waals surface area (Å²) >= 11 is 7.40. The summed E-state index contributed by atoms with van der Waals surface area (Å²) in [4.78, 5) is 11.2. The van der Waals surface area contributed by atoms with E-state index in [2.05, 4.69) is 33.9 Å². The molecule has 0 spiro atoms.